The van der Waals surface area contributed by atoms with Crippen LogP contribution >= 0.6 is 11.8 Å². The first-order chi connectivity index (χ1) is 20.9. The molecule has 4 aromatic carbocycles. The van der Waals surface area contributed by atoms with Crippen LogP contribution in [0.3, 0.4) is 0 Å². The van der Waals surface area contributed by atoms with E-state index in [9.17, 15) is 14.7 Å². The smallest absolute Gasteiger partial charge is 0.246 e. The van der Waals surface area contributed by atoms with Crippen molar-refractivity contribution in [3.8, 4) is 5.75 Å². The van der Waals surface area contributed by atoms with Crippen molar-refractivity contribution in [2.75, 3.05) is 18.8 Å². The van der Waals surface area contributed by atoms with Crippen molar-refractivity contribution in [2.24, 2.45) is 5.92 Å². The summed E-state index contributed by atoms with van der Waals surface area (Å²) in [4.78, 5) is 28.5. The van der Waals surface area contributed by atoms with E-state index in [0.717, 1.165) is 27.3 Å². The van der Waals surface area contributed by atoms with Gasteiger partial charge in [-0.3, -0.25) is 9.59 Å². The molecule has 43 heavy (non-hydrogen) atoms. The summed E-state index contributed by atoms with van der Waals surface area (Å²) in [5, 5.41) is 15.0. The van der Waals surface area contributed by atoms with E-state index in [0.29, 0.717) is 38.3 Å². The van der Waals surface area contributed by atoms with Crippen LogP contribution < -0.4 is 10.1 Å². The van der Waals surface area contributed by atoms with Gasteiger partial charge in [-0.05, 0) is 59.7 Å². The summed E-state index contributed by atoms with van der Waals surface area (Å²) in [6.45, 7) is 2.96. The van der Waals surface area contributed by atoms with Crippen LogP contribution in [0.4, 0.5) is 0 Å². The van der Waals surface area contributed by atoms with Crippen molar-refractivity contribution in [1.29, 1.82) is 0 Å². The molecule has 1 aliphatic heterocycles. The lowest BCUT2D eigenvalue weighted by molar-refractivity contribution is -0.137. The summed E-state index contributed by atoms with van der Waals surface area (Å²) < 4.78 is 5.89. The molecule has 6 nitrogen and oxygen atoms in total. The van der Waals surface area contributed by atoms with Crippen molar-refractivity contribution >= 4 is 23.6 Å². The largest absolute Gasteiger partial charge is 0.489 e. The van der Waals surface area contributed by atoms with E-state index < -0.39 is 11.6 Å². The van der Waals surface area contributed by atoms with Crippen LogP contribution in [0.2, 0.25) is 0 Å². The Balaban J connectivity index is 1.20. The molecule has 222 valence electrons. The average Bonchev–Trinajstić information content (AvgIpc) is 3.06. The van der Waals surface area contributed by atoms with E-state index in [-0.39, 0.29) is 17.7 Å². The number of amides is 2. The number of hydrogen-bond acceptors (Lipinski definition) is 5. The van der Waals surface area contributed by atoms with Gasteiger partial charge < -0.3 is 20.1 Å². The lowest BCUT2D eigenvalue weighted by Crippen LogP contribution is -2.53. The fraction of sp³-hybridized carbons (Fsp3) is 0.278. The van der Waals surface area contributed by atoms with E-state index in [4.69, 9.17) is 4.74 Å². The summed E-state index contributed by atoms with van der Waals surface area (Å²) in [6.07, 6.45) is 1.30. The van der Waals surface area contributed by atoms with Gasteiger partial charge in [0.25, 0.3) is 0 Å². The Kier molecular flexibility index (Phi) is 10.2. The molecular weight excluding hydrogens is 556 g/mol. The monoisotopic (exact) mass is 594 g/mol. The van der Waals surface area contributed by atoms with Gasteiger partial charge in [0.1, 0.15) is 24.0 Å². The van der Waals surface area contributed by atoms with E-state index in [1.165, 1.54) is 18.7 Å². The second kappa shape index (κ2) is 14.4. The number of rotatable bonds is 11. The topological polar surface area (TPSA) is 78.9 Å². The van der Waals surface area contributed by atoms with E-state index in [1.54, 1.807) is 0 Å². The van der Waals surface area contributed by atoms with Crippen LogP contribution in [-0.4, -0.2) is 46.7 Å². The summed E-state index contributed by atoms with van der Waals surface area (Å²) in [7, 11) is 0. The number of benzene rings is 4. The number of carbonyl (C=O) groups is 2. The molecule has 0 aliphatic carbocycles. The SMILES string of the molecule is CC(=O)NC(CSc1ccc(OCc2ccccc2)cc1)C(=O)N1CCC(C(O)(c2ccccc2)c2ccccc2)CC1. The Morgan fingerprint density at radius 1 is 0.860 bits per heavy atom. The lowest BCUT2D eigenvalue weighted by Gasteiger charge is -2.43. The Bertz CT molecular complexity index is 1420. The van der Waals surface area contributed by atoms with E-state index in [1.807, 2.05) is 120 Å². The molecule has 5 rings (SSSR count). The van der Waals surface area contributed by atoms with Gasteiger partial charge in [0.05, 0.1) is 0 Å². The highest BCUT2D eigenvalue weighted by atomic mass is 32.2. The molecule has 1 heterocycles. The Hall–Kier alpha value is -4.07. The van der Waals surface area contributed by atoms with Gasteiger partial charge in [0, 0.05) is 30.7 Å². The molecule has 7 heteroatoms. The highest BCUT2D eigenvalue weighted by molar-refractivity contribution is 7.99. The van der Waals surface area contributed by atoms with Crippen molar-refractivity contribution in [3.63, 3.8) is 0 Å². The molecule has 1 fully saturated rings. The Morgan fingerprint density at radius 3 is 1.93 bits per heavy atom. The summed E-state index contributed by atoms with van der Waals surface area (Å²) >= 11 is 1.53. The van der Waals surface area contributed by atoms with Crippen LogP contribution in [0.1, 0.15) is 36.5 Å². The molecule has 1 aliphatic rings. The number of aliphatic hydroxyl groups is 1. The third-order valence-electron chi connectivity index (χ3n) is 7.99. The van der Waals surface area contributed by atoms with Crippen molar-refractivity contribution in [2.45, 2.75) is 42.9 Å². The van der Waals surface area contributed by atoms with Crippen molar-refractivity contribution in [1.82, 2.24) is 10.2 Å². The molecule has 0 radical (unpaired) electrons. The number of nitrogens with one attached hydrogen (secondary N) is 1. The summed E-state index contributed by atoms with van der Waals surface area (Å²) in [6, 6.07) is 36.7. The van der Waals surface area contributed by atoms with Crippen LogP contribution in [0.5, 0.6) is 5.75 Å². The summed E-state index contributed by atoms with van der Waals surface area (Å²) in [5.41, 5.74) is 1.66. The zero-order valence-corrected chi connectivity index (χ0v) is 25.2. The number of likely N-dealkylation sites (tertiary alicyclic amines) is 1. The van der Waals surface area contributed by atoms with Crippen LogP contribution in [0.25, 0.3) is 0 Å². The fourth-order valence-corrected chi connectivity index (χ4v) is 6.65. The standard InChI is InChI=1S/C36H38N2O4S/c1-27(39)37-34(26-43-33-19-17-32(18-20-33)42-25-28-11-5-2-6-12-28)35(40)38-23-21-31(22-24-38)36(41,29-13-7-3-8-14-29)30-15-9-4-10-16-30/h2-20,31,34,41H,21-26H2,1H3,(H,37,39). The second-order valence-electron chi connectivity index (χ2n) is 10.9. The van der Waals surface area contributed by atoms with E-state index in [2.05, 4.69) is 5.32 Å². The average molecular weight is 595 g/mol. The minimum Gasteiger partial charge on any atom is -0.489 e. The Labute approximate surface area is 258 Å². The molecule has 4 aromatic rings. The first kappa shape index (κ1) is 30.4. The highest BCUT2D eigenvalue weighted by Gasteiger charge is 2.42. The third kappa shape index (κ3) is 7.66. The molecule has 2 N–H and O–H groups in total. The maximum atomic E-state index is 13.6. The number of carbonyl (C=O) groups excluding carboxylic acids is 2. The molecule has 0 bridgehead atoms. The maximum absolute atomic E-state index is 13.6. The van der Waals surface area contributed by atoms with Gasteiger partial charge >= 0.3 is 0 Å². The molecular formula is C36H38N2O4S. The molecule has 0 spiro atoms. The first-order valence-electron chi connectivity index (χ1n) is 14.7. The van der Waals surface area contributed by atoms with Gasteiger partial charge in [-0.15, -0.1) is 11.8 Å². The molecule has 2 amide bonds. The zero-order valence-electron chi connectivity index (χ0n) is 24.4. The summed E-state index contributed by atoms with van der Waals surface area (Å²) in [5.74, 6) is 0.808. The minimum atomic E-state index is -1.15. The minimum absolute atomic E-state index is 0.0578. The molecule has 1 unspecified atom stereocenters. The van der Waals surface area contributed by atoms with Crippen LogP contribution in [0, 0.1) is 5.92 Å². The Morgan fingerprint density at radius 2 is 1.40 bits per heavy atom. The van der Waals surface area contributed by atoms with Gasteiger partial charge in [-0.2, -0.15) is 0 Å². The van der Waals surface area contributed by atoms with Gasteiger partial charge in [-0.25, -0.2) is 0 Å². The third-order valence-corrected chi connectivity index (χ3v) is 9.10. The number of thioether (sulfide) groups is 1. The van der Waals surface area contributed by atoms with E-state index >= 15 is 0 Å². The highest BCUT2D eigenvalue weighted by Crippen LogP contribution is 2.42. The van der Waals surface area contributed by atoms with Crippen molar-refractivity contribution < 1.29 is 19.4 Å². The lowest BCUT2D eigenvalue weighted by atomic mass is 9.72. The predicted octanol–water partition coefficient (Wildman–Crippen LogP) is 6.04. The maximum Gasteiger partial charge on any atom is 0.246 e. The second-order valence-corrected chi connectivity index (χ2v) is 12.0. The molecule has 0 saturated carbocycles. The van der Waals surface area contributed by atoms with Crippen LogP contribution in [0.15, 0.2) is 120 Å². The molecule has 1 atom stereocenters. The molecule has 1 saturated heterocycles. The fourth-order valence-electron chi connectivity index (χ4n) is 5.73. The predicted molar refractivity (Wildman–Crippen MR) is 171 cm³/mol. The van der Waals surface area contributed by atoms with Gasteiger partial charge in [0.15, 0.2) is 0 Å². The van der Waals surface area contributed by atoms with Crippen molar-refractivity contribution in [3.05, 3.63) is 132 Å². The molecule has 0 aromatic heterocycles. The number of nitrogens with zero attached hydrogens (tertiary/aromatic N) is 1. The first-order valence-corrected chi connectivity index (χ1v) is 15.7. The van der Waals surface area contributed by atoms with Gasteiger partial charge in [0.2, 0.25) is 11.8 Å². The normalized spacial score (nSPS) is 14.6. The van der Waals surface area contributed by atoms with Crippen LogP contribution in [-0.2, 0) is 21.8 Å². The number of piperidine rings is 1. The quantitative estimate of drug-likeness (QED) is 0.207. The number of ether oxygens (including phenoxy) is 1. The van der Waals surface area contributed by atoms with Gasteiger partial charge in [-0.1, -0.05) is 91.0 Å². The number of hydrogen-bond donors (Lipinski definition) is 2. The zero-order chi connectivity index (χ0) is 30.1.